The molecule has 2 aromatic rings. The van der Waals surface area contributed by atoms with Gasteiger partial charge >= 0.3 is 0 Å². The molecule has 0 saturated heterocycles. The van der Waals surface area contributed by atoms with Crippen LogP contribution in [0.4, 0.5) is 10.1 Å². The maximum absolute atomic E-state index is 13.0. The molecule has 106 valence electrons. The van der Waals surface area contributed by atoms with Gasteiger partial charge in [0.05, 0.1) is 5.02 Å². The van der Waals surface area contributed by atoms with Crippen LogP contribution in [0.3, 0.4) is 0 Å². The van der Waals surface area contributed by atoms with Crippen LogP contribution in [0, 0.1) is 5.82 Å². The van der Waals surface area contributed by atoms with Gasteiger partial charge in [-0.3, -0.25) is 9.89 Å². The average molecular weight is 297 g/mol. The minimum absolute atomic E-state index is 0.0235. The van der Waals surface area contributed by atoms with Gasteiger partial charge < -0.3 is 5.32 Å². The first-order chi connectivity index (χ1) is 9.27. The van der Waals surface area contributed by atoms with Crippen molar-refractivity contribution in [1.29, 1.82) is 0 Å². The number of nitrogens with one attached hydrogen (secondary N) is 2. The number of hydrogen-bond acceptors (Lipinski definition) is 3. The average Bonchev–Trinajstić information content (AvgIpc) is 2.83. The fourth-order valence-corrected chi connectivity index (χ4v) is 1.64. The Bertz CT molecular complexity index is 648. The van der Waals surface area contributed by atoms with Gasteiger partial charge in [-0.25, -0.2) is 9.37 Å². The second kappa shape index (κ2) is 5.20. The molecule has 2 rings (SSSR count). The summed E-state index contributed by atoms with van der Waals surface area (Å²) >= 11 is 5.64. The van der Waals surface area contributed by atoms with Crippen LogP contribution in [0.5, 0.6) is 0 Å². The number of H-pyrrole nitrogens is 1. The highest BCUT2D eigenvalue weighted by molar-refractivity contribution is 6.31. The zero-order chi connectivity index (χ0) is 14.9. The number of hydrogen-bond donors (Lipinski definition) is 2. The van der Waals surface area contributed by atoms with Crippen molar-refractivity contribution in [2.75, 3.05) is 5.32 Å². The Morgan fingerprint density at radius 1 is 1.40 bits per heavy atom. The Morgan fingerprint density at radius 2 is 2.10 bits per heavy atom. The van der Waals surface area contributed by atoms with Crippen LogP contribution in [-0.2, 0) is 5.41 Å². The van der Waals surface area contributed by atoms with Gasteiger partial charge in [-0.1, -0.05) is 32.4 Å². The summed E-state index contributed by atoms with van der Waals surface area (Å²) in [6.45, 7) is 5.86. The zero-order valence-electron chi connectivity index (χ0n) is 11.3. The maximum atomic E-state index is 13.0. The summed E-state index contributed by atoms with van der Waals surface area (Å²) in [6, 6.07) is 3.92. The molecule has 5 nitrogen and oxygen atoms in total. The zero-order valence-corrected chi connectivity index (χ0v) is 12.0. The van der Waals surface area contributed by atoms with E-state index < -0.39 is 11.7 Å². The van der Waals surface area contributed by atoms with Gasteiger partial charge in [0.25, 0.3) is 5.91 Å². The number of carbonyl (C=O) groups excluding carboxylic acids is 1. The third kappa shape index (κ3) is 3.14. The standard InChI is InChI=1S/C13H14ClFN4O/c1-13(2,3)12-17-10(18-19-12)11(20)16-7-4-5-9(15)8(14)6-7/h4-6H,1-3H3,(H,16,20)(H,17,18,19). The van der Waals surface area contributed by atoms with Crippen molar-refractivity contribution in [3.63, 3.8) is 0 Å². The third-order valence-corrected chi connectivity index (χ3v) is 2.87. The van der Waals surface area contributed by atoms with E-state index in [1.165, 1.54) is 18.2 Å². The highest BCUT2D eigenvalue weighted by Crippen LogP contribution is 2.20. The SMILES string of the molecule is CC(C)(C)c1nc(C(=O)Nc2ccc(F)c(Cl)c2)n[nH]1. The van der Waals surface area contributed by atoms with Crippen LogP contribution < -0.4 is 5.32 Å². The molecule has 0 aliphatic carbocycles. The number of carbonyl (C=O) groups is 1. The number of benzene rings is 1. The number of aromatic amines is 1. The molecule has 0 fully saturated rings. The predicted molar refractivity (Wildman–Crippen MR) is 74.4 cm³/mol. The molecule has 0 saturated carbocycles. The van der Waals surface area contributed by atoms with Crippen LogP contribution in [-0.4, -0.2) is 21.1 Å². The van der Waals surface area contributed by atoms with Gasteiger partial charge in [-0.15, -0.1) is 5.10 Å². The van der Waals surface area contributed by atoms with Crippen molar-refractivity contribution in [2.24, 2.45) is 0 Å². The van der Waals surface area contributed by atoms with Crippen molar-refractivity contribution >= 4 is 23.2 Å². The lowest BCUT2D eigenvalue weighted by molar-refractivity contribution is 0.101. The van der Waals surface area contributed by atoms with Gasteiger partial charge in [-0.2, -0.15) is 0 Å². The molecule has 2 N–H and O–H groups in total. The van der Waals surface area contributed by atoms with Crippen LogP contribution in [0.2, 0.25) is 5.02 Å². The summed E-state index contributed by atoms with van der Waals surface area (Å²) < 4.78 is 13.0. The molecule has 0 aliphatic rings. The lowest BCUT2D eigenvalue weighted by Crippen LogP contribution is -2.16. The molecule has 0 radical (unpaired) electrons. The molecule has 0 atom stereocenters. The number of rotatable bonds is 2. The van der Waals surface area contributed by atoms with Crippen molar-refractivity contribution in [3.05, 3.63) is 40.7 Å². The normalized spacial score (nSPS) is 11.4. The third-order valence-electron chi connectivity index (χ3n) is 2.58. The summed E-state index contributed by atoms with van der Waals surface area (Å²) in [5.41, 5.74) is 0.147. The monoisotopic (exact) mass is 296 g/mol. The highest BCUT2D eigenvalue weighted by Gasteiger charge is 2.21. The molecule has 20 heavy (non-hydrogen) atoms. The molecule has 1 aromatic heterocycles. The van der Waals surface area contributed by atoms with Crippen molar-refractivity contribution in [1.82, 2.24) is 15.2 Å². The quantitative estimate of drug-likeness (QED) is 0.894. The summed E-state index contributed by atoms with van der Waals surface area (Å²) in [4.78, 5) is 16.1. The molecular weight excluding hydrogens is 283 g/mol. The molecule has 0 spiro atoms. The van der Waals surface area contributed by atoms with Gasteiger partial charge in [0, 0.05) is 11.1 Å². The summed E-state index contributed by atoms with van der Waals surface area (Å²) in [5.74, 6) is -0.396. The van der Waals surface area contributed by atoms with E-state index in [0.29, 0.717) is 11.5 Å². The molecule has 7 heteroatoms. The molecule has 1 heterocycles. The highest BCUT2D eigenvalue weighted by atomic mass is 35.5. The maximum Gasteiger partial charge on any atom is 0.295 e. The molecule has 0 unspecified atom stereocenters. The van der Waals surface area contributed by atoms with Crippen LogP contribution in [0.15, 0.2) is 18.2 Å². The Morgan fingerprint density at radius 3 is 2.65 bits per heavy atom. The fourth-order valence-electron chi connectivity index (χ4n) is 1.46. The van der Waals surface area contributed by atoms with Crippen LogP contribution in [0.1, 0.15) is 37.2 Å². The van der Waals surface area contributed by atoms with Gasteiger partial charge in [0.2, 0.25) is 5.82 Å². The Labute approximate surface area is 120 Å². The molecule has 1 aromatic carbocycles. The van der Waals surface area contributed by atoms with E-state index >= 15 is 0 Å². The van der Waals surface area contributed by atoms with E-state index in [-0.39, 0.29) is 16.3 Å². The number of anilines is 1. The van der Waals surface area contributed by atoms with E-state index in [4.69, 9.17) is 11.6 Å². The lowest BCUT2D eigenvalue weighted by atomic mass is 9.96. The largest absolute Gasteiger partial charge is 0.319 e. The van der Waals surface area contributed by atoms with E-state index in [0.717, 1.165) is 0 Å². The first-order valence-electron chi connectivity index (χ1n) is 5.96. The Kier molecular flexibility index (Phi) is 3.76. The van der Waals surface area contributed by atoms with Crippen molar-refractivity contribution < 1.29 is 9.18 Å². The summed E-state index contributed by atoms with van der Waals surface area (Å²) in [6.07, 6.45) is 0. The van der Waals surface area contributed by atoms with Crippen LogP contribution in [0.25, 0.3) is 0 Å². The van der Waals surface area contributed by atoms with Crippen molar-refractivity contribution in [3.8, 4) is 0 Å². The minimum atomic E-state index is -0.544. The molecule has 1 amide bonds. The smallest absolute Gasteiger partial charge is 0.295 e. The first kappa shape index (κ1) is 14.5. The van der Waals surface area contributed by atoms with E-state index in [1.54, 1.807) is 0 Å². The molecule has 0 bridgehead atoms. The summed E-state index contributed by atoms with van der Waals surface area (Å²) in [7, 11) is 0. The number of halogens is 2. The number of nitrogens with zero attached hydrogens (tertiary/aromatic N) is 2. The predicted octanol–water partition coefficient (Wildman–Crippen LogP) is 3.15. The van der Waals surface area contributed by atoms with E-state index in [2.05, 4.69) is 20.5 Å². The second-order valence-electron chi connectivity index (χ2n) is 5.34. The lowest BCUT2D eigenvalue weighted by Gasteiger charge is -2.12. The fraction of sp³-hybridized carbons (Fsp3) is 0.308. The summed E-state index contributed by atoms with van der Waals surface area (Å²) in [5, 5.41) is 9.08. The number of aromatic nitrogens is 3. The molecule has 0 aliphatic heterocycles. The van der Waals surface area contributed by atoms with E-state index in [1.807, 2.05) is 20.8 Å². The number of amides is 1. The Balaban J connectivity index is 2.16. The molecular formula is C13H14ClFN4O. The Hall–Kier alpha value is -1.95. The second-order valence-corrected chi connectivity index (χ2v) is 5.75. The van der Waals surface area contributed by atoms with E-state index in [9.17, 15) is 9.18 Å². The van der Waals surface area contributed by atoms with Crippen molar-refractivity contribution in [2.45, 2.75) is 26.2 Å². The van der Waals surface area contributed by atoms with Gasteiger partial charge in [0.1, 0.15) is 11.6 Å². The van der Waals surface area contributed by atoms with Gasteiger partial charge in [-0.05, 0) is 18.2 Å². The van der Waals surface area contributed by atoms with Gasteiger partial charge in [0.15, 0.2) is 0 Å². The topological polar surface area (TPSA) is 70.7 Å². The first-order valence-corrected chi connectivity index (χ1v) is 6.34. The van der Waals surface area contributed by atoms with Crippen LogP contribution >= 0.6 is 11.6 Å². The minimum Gasteiger partial charge on any atom is -0.319 e.